The Morgan fingerprint density at radius 3 is 2.20 bits per heavy atom. The fraction of sp³-hybridized carbons (Fsp3) is 0.900. The third kappa shape index (κ3) is 3.61. The maximum absolute atomic E-state index is 12.0. The number of hydrogen-bond donors (Lipinski definition) is 0. The molecule has 0 aliphatic heterocycles. The van der Waals surface area contributed by atoms with E-state index in [-0.39, 0.29) is 6.10 Å². The molecule has 86 valence electrons. The van der Waals surface area contributed by atoms with Crippen molar-refractivity contribution in [2.75, 3.05) is 14.1 Å². The van der Waals surface area contributed by atoms with E-state index in [2.05, 4.69) is 0 Å². The third-order valence-corrected chi connectivity index (χ3v) is 4.64. The lowest BCUT2D eigenvalue weighted by atomic mass is 10.2. The molecule has 1 atom stereocenters. The van der Waals surface area contributed by atoms with Crippen LogP contribution in [0.25, 0.3) is 0 Å². The molecule has 15 heavy (non-hydrogen) atoms. The number of rotatable bonds is 3. The molecule has 5 heteroatoms. The number of hydrogen-bond acceptors (Lipinski definition) is 3. The molecule has 1 unspecified atom stereocenters. The summed E-state index contributed by atoms with van der Waals surface area (Å²) in [5, 5.41) is 8.88. The highest BCUT2D eigenvalue weighted by atomic mass is 31.2. The van der Waals surface area contributed by atoms with Crippen molar-refractivity contribution >= 4 is 7.52 Å². The van der Waals surface area contributed by atoms with Gasteiger partial charge in [-0.3, -0.25) is 4.57 Å². The third-order valence-electron chi connectivity index (χ3n) is 2.75. The SMILES string of the molecule is CN(C)P(=O)(C#N)OC1CCCCCC1. The van der Waals surface area contributed by atoms with E-state index in [1.54, 1.807) is 19.9 Å². The highest BCUT2D eigenvalue weighted by Gasteiger charge is 2.30. The van der Waals surface area contributed by atoms with Crippen molar-refractivity contribution in [1.82, 2.24) is 4.67 Å². The lowest BCUT2D eigenvalue weighted by Gasteiger charge is -2.23. The highest BCUT2D eigenvalue weighted by Crippen LogP contribution is 2.49. The number of nitrogens with zero attached hydrogens (tertiary/aromatic N) is 2. The van der Waals surface area contributed by atoms with E-state index in [1.165, 1.54) is 17.5 Å². The molecule has 0 amide bonds. The van der Waals surface area contributed by atoms with Gasteiger partial charge in [0.25, 0.3) is 0 Å². The van der Waals surface area contributed by atoms with Crippen molar-refractivity contribution in [2.24, 2.45) is 0 Å². The zero-order valence-corrected chi connectivity index (χ0v) is 10.4. The lowest BCUT2D eigenvalue weighted by Crippen LogP contribution is -2.16. The summed E-state index contributed by atoms with van der Waals surface area (Å²) in [4.78, 5) is 0. The maximum atomic E-state index is 12.0. The summed E-state index contributed by atoms with van der Waals surface area (Å²) in [6.07, 6.45) is 6.53. The van der Waals surface area contributed by atoms with Gasteiger partial charge in [0.2, 0.25) is 0 Å². The van der Waals surface area contributed by atoms with Crippen LogP contribution in [0.3, 0.4) is 0 Å². The van der Waals surface area contributed by atoms with Crippen LogP contribution < -0.4 is 0 Å². The van der Waals surface area contributed by atoms with Crippen LogP contribution in [0.4, 0.5) is 0 Å². The highest BCUT2D eigenvalue weighted by molar-refractivity contribution is 7.61. The molecule has 0 aromatic heterocycles. The summed E-state index contributed by atoms with van der Waals surface area (Å²) in [5.41, 5.74) is 0. The van der Waals surface area contributed by atoms with Gasteiger partial charge in [0.15, 0.2) is 5.81 Å². The fourth-order valence-electron chi connectivity index (χ4n) is 1.76. The molecular formula is C10H19N2O2P. The van der Waals surface area contributed by atoms with Crippen molar-refractivity contribution in [1.29, 1.82) is 5.26 Å². The fourth-order valence-corrected chi connectivity index (χ4v) is 2.79. The normalized spacial score (nSPS) is 23.1. The zero-order chi connectivity index (χ0) is 11.3. The largest absolute Gasteiger partial charge is 0.370 e. The predicted molar refractivity (Wildman–Crippen MR) is 59.5 cm³/mol. The van der Waals surface area contributed by atoms with Gasteiger partial charge in [0.05, 0.1) is 6.10 Å². The van der Waals surface area contributed by atoms with E-state index >= 15 is 0 Å². The standard InChI is InChI=1S/C10H19N2O2P/c1-12(2)15(13,9-11)14-10-7-5-3-4-6-8-10/h10H,3-8H2,1-2H3. The Labute approximate surface area is 91.7 Å². The predicted octanol–water partition coefficient (Wildman–Crippen LogP) is 2.96. The van der Waals surface area contributed by atoms with Crippen LogP contribution in [0.5, 0.6) is 0 Å². The Balaban J connectivity index is 2.58. The van der Waals surface area contributed by atoms with Gasteiger partial charge < -0.3 is 4.52 Å². The Morgan fingerprint density at radius 1 is 1.27 bits per heavy atom. The average molecular weight is 230 g/mol. The Bertz CT molecular complexity index is 278. The lowest BCUT2D eigenvalue weighted by molar-refractivity contribution is 0.175. The van der Waals surface area contributed by atoms with Gasteiger partial charge in [-0.2, -0.15) is 5.26 Å². The molecule has 1 fully saturated rings. The molecule has 0 heterocycles. The second-order valence-corrected chi connectivity index (χ2v) is 6.44. The number of nitriles is 1. The van der Waals surface area contributed by atoms with Crippen molar-refractivity contribution in [3.05, 3.63) is 0 Å². The van der Waals surface area contributed by atoms with Gasteiger partial charge in [-0.05, 0) is 26.9 Å². The first-order valence-electron chi connectivity index (χ1n) is 5.46. The van der Waals surface area contributed by atoms with E-state index in [0.29, 0.717) is 0 Å². The maximum Gasteiger partial charge on any atom is 0.370 e. The van der Waals surface area contributed by atoms with E-state index in [0.717, 1.165) is 25.7 Å². The molecule has 1 aliphatic carbocycles. The van der Waals surface area contributed by atoms with Crippen LogP contribution in [0.1, 0.15) is 38.5 Å². The van der Waals surface area contributed by atoms with E-state index < -0.39 is 7.52 Å². The summed E-state index contributed by atoms with van der Waals surface area (Å²) in [6.45, 7) is 0. The summed E-state index contributed by atoms with van der Waals surface area (Å²) >= 11 is 0. The minimum atomic E-state index is -3.22. The van der Waals surface area contributed by atoms with Gasteiger partial charge >= 0.3 is 7.52 Å². The molecule has 1 saturated carbocycles. The molecule has 0 bridgehead atoms. The minimum Gasteiger partial charge on any atom is -0.304 e. The minimum absolute atomic E-state index is 0.000355. The van der Waals surface area contributed by atoms with Crippen LogP contribution in [-0.4, -0.2) is 24.9 Å². The van der Waals surface area contributed by atoms with Crippen molar-refractivity contribution < 1.29 is 9.09 Å². The van der Waals surface area contributed by atoms with Crippen LogP contribution in [-0.2, 0) is 9.09 Å². The quantitative estimate of drug-likeness (QED) is 0.552. The van der Waals surface area contributed by atoms with Crippen LogP contribution >= 0.6 is 7.52 Å². The van der Waals surface area contributed by atoms with E-state index in [4.69, 9.17) is 9.79 Å². The first-order chi connectivity index (χ1) is 7.08. The summed E-state index contributed by atoms with van der Waals surface area (Å²) in [7, 11) is 0.0303. The van der Waals surface area contributed by atoms with Gasteiger partial charge in [0.1, 0.15) is 0 Å². The van der Waals surface area contributed by atoms with Crippen LogP contribution in [0, 0.1) is 11.1 Å². The molecule has 1 rings (SSSR count). The van der Waals surface area contributed by atoms with Crippen molar-refractivity contribution in [2.45, 2.75) is 44.6 Å². The van der Waals surface area contributed by atoms with E-state index in [1.807, 2.05) is 0 Å². The van der Waals surface area contributed by atoms with Gasteiger partial charge in [-0.15, -0.1) is 0 Å². The second-order valence-electron chi connectivity index (χ2n) is 4.19. The van der Waals surface area contributed by atoms with Crippen LogP contribution in [0.2, 0.25) is 0 Å². The first kappa shape index (κ1) is 12.7. The zero-order valence-electron chi connectivity index (χ0n) is 9.48. The molecule has 0 aromatic rings. The second kappa shape index (κ2) is 5.65. The van der Waals surface area contributed by atoms with E-state index in [9.17, 15) is 4.57 Å². The Kier molecular flexibility index (Phi) is 4.79. The van der Waals surface area contributed by atoms with Crippen molar-refractivity contribution in [3.63, 3.8) is 0 Å². The molecule has 0 saturated heterocycles. The van der Waals surface area contributed by atoms with Gasteiger partial charge in [-0.25, -0.2) is 4.67 Å². The van der Waals surface area contributed by atoms with Gasteiger partial charge in [-0.1, -0.05) is 25.7 Å². The Hall–Kier alpha value is -0.360. The van der Waals surface area contributed by atoms with Crippen molar-refractivity contribution in [3.8, 4) is 5.81 Å². The molecule has 1 aliphatic rings. The first-order valence-corrected chi connectivity index (χ1v) is 7.04. The Morgan fingerprint density at radius 2 is 1.80 bits per heavy atom. The van der Waals surface area contributed by atoms with Crippen LogP contribution in [0.15, 0.2) is 0 Å². The summed E-state index contributed by atoms with van der Waals surface area (Å²) in [6, 6.07) is 0. The monoisotopic (exact) mass is 230 g/mol. The molecule has 0 aromatic carbocycles. The smallest absolute Gasteiger partial charge is 0.304 e. The average Bonchev–Trinajstić information content (AvgIpc) is 2.46. The summed E-state index contributed by atoms with van der Waals surface area (Å²) in [5.74, 6) is 1.80. The molecule has 0 radical (unpaired) electrons. The molecule has 4 nitrogen and oxygen atoms in total. The molecular weight excluding hydrogens is 211 g/mol. The molecule has 0 N–H and O–H groups in total. The summed E-state index contributed by atoms with van der Waals surface area (Å²) < 4.78 is 18.9. The topological polar surface area (TPSA) is 53.3 Å². The van der Waals surface area contributed by atoms with Gasteiger partial charge in [0, 0.05) is 0 Å². The molecule has 0 spiro atoms.